The van der Waals surface area contributed by atoms with E-state index in [4.69, 9.17) is 0 Å². The fraction of sp³-hybridized carbons (Fsp3) is 0.818. The largest absolute Gasteiger partial charge is 0.144 e. The summed E-state index contributed by atoms with van der Waals surface area (Å²) in [7, 11) is 0. The van der Waals surface area contributed by atoms with Gasteiger partial charge in [0.2, 0.25) is 0 Å². The Morgan fingerprint density at radius 3 is 1.93 bits per heavy atom. The molecule has 0 aromatic carbocycles. The first kappa shape index (κ1) is 11.6. The lowest BCUT2D eigenvalue weighted by Crippen LogP contribution is -2.10. The van der Waals surface area contributed by atoms with Gasteiger partial charge in [-0.05, 0) is 5.41 Å². The summed E-state index contributed by atoms with van der Waals surface area (Å²) in [5.41, 5.74) is 0.433. The van der Waals surface area contributed by atoms with Gasteiger partial charge in [0.25, 0.3) is 0 Å². The summed E-state index contributed by atoms with van der Waals surface area (Å²) in [6, 6.07) is 0. The van der Waals surface area contributed by atoms with E-state index in [1.165, 1.54) is 0 Å². The lowest BCUT2D eigenvalue weighted by atomic mass is 9.93. The van der Waals surface area contributed by atoms with Gasteiger partial charge in [0.15, 0.2) is 0 Å². The van der Waals surface area contributed by atoms with E-state index < -0.39 is 0 Å². The van der Waals surface area contributed by atoms with Gasteiger partial charge in [0.1, 0.15) is 10.0 Å². The van der Waals surface area contributed by atoms with Gasteiger partial charge in [-0.25, -0.2) is 0 Å². The van der Waals surface area contributed by atoms with E-state index in [-0.39, 0.29) is 5.41 Å². The summed E-state index contributed by atoms with van der Waals surface area (Å²) < 4.78 is 0. The van der Waals surface area contributed by atoms with E-state index in [9.17, 15) is 0 Å². The van der Waals surface area contributed by atoms with Crippen LogP contribution in [0.4, 0.5) is 0 Å². The summed E-state index contributed by atoms with van der Waals surface area (Å²) in [6.45, 7) is 13.2. The number of rotatable bonds is 1. The van der Waals surface area contributed by atoms with Crippen LogP contribution >= 0.6 is 11.3 Å². The number of hydrogen-bond donors (Lipinski definition) is 0. The van der Waals surface area contributed by atoms with Crippen LogP contribution in [0, 0.1) is 5.41 Å². The first-order valence-electron chi connectivity index (χ1n) is 5.01. The average molecular weight is 212 g/mol. The molecule has 0 atom stereocenters. The van der Waals surface area contributed by atoms with E-state index >= 15 is 0 Å². The molecule has 0 bridgehead atoms. The van der Waals surface area contributed by atoms with Gasteiger partial charge in [-0.3, -0.25) is 0 Å². The monoisotopic (exact) mass is 212 g/mol. The molecular formula is C11H20N2S. The quantitative estimate of drug-likeness (QED) is 0.713. The smallest absolute Gasteiger partial charge is 0.122 e. The van der Waals surface area contributed by atoms with Crippen molar-refractivity contribution in [1.29, 1.82) is 0 Å². The van der Waals surface area contributed by atoms with E-state index in [2.05, 4.69) is 51.7 Å². The number of nitrogens with zero attached hydrogens (tertiary/aromatic N) is 2. The second-order valence-corrected chi connectivity index (χ2v) is 7.05. The van der Waals surface area contributed by atoms with Crippen molar-refractivity contribution in [3.8, 4) is 0 Å². The molecule has 0 aliphatic carbocycles. The van der Waals surface area contributed by atoms with Crippen LogP contribution in [0.2, 0.25) is 0 Å². The molecule has 0 amide bonds. The lowest BCUT2D eigenvalue weighted by Gasteiger charge is -2.15. The molecule has 0 unspecified atom stereocenters. The number of aromatic nitrogens is 2. The minimum absolute atomic E-state index is 0.133. The third kappa shape index (κ3) is 3.37. The molecule has 1 aromatic heterocycles. The topological polar surface area (TPSA) is 25.8 Å². The van der Waals surface area contributed by atoms with Crippen molar-refractivity contribution in [2.75, 3.05) is 0 Å². The summed E-state index contributed by atoms with van der Waals surface area (Å²) in [4.78, 5) is 0. The van der Waals surface area contributed by atoms with Crippen LogP contribution in [0.1, 0.15) is 51.6 Å². The van der Waals surface area contributed by atoms with Crippen LogP contribution in [0.25, 0.3) is 0 Å². The molecular weight excluding hydrogens is 192 g/mol. The highest BCUT2D eigenvalue weighted by Crippen LogP contribution is 2.28. The Labute approximate surface area is 90.8 Å². The molecule has 14 heavy (non-hydrogen) atoms. The zero-order valence-corrected chi connectivity index (χ0v) is 10.8. The molecule has 0 aliphatic heterocycles. The molecule has 2 nitrogen and oxygen atoms in total. The zero-order chi connectivity index (χ0) is 11.0. The SMILES string of the molecule is CC(C)(C)Cc1nnc(C(C)(C)C)s1. The van der Waals surface area contributed by atoms with Crippen molar-refractivity contribution >= 4 is 11.3 Å². The summed E-state index contributed by atoms with van der Waals surface area (Å²) in [5, 5.41) is 10.8. The predicted octanol–water partition coefficient (Wildman–Crippen LogP) is 3.42. The summed E-state index contributed by atoms with van der Waals surface area (Å²) >= 11 is 1.74. The third-order valence-corrected chi connectivity index (χ3v) is 3.14. The fourth-order valence-corrected chi connectivity index (χ4v) is 2.28. The van der Waals surface area contributed by atoms with Crippen LogP contribution in [0.3, 0.4) is 0 Å². The van der Waals surface area contributed by atoms with Gasteiger partial charge in [-0.2, -0.15) is 0 Å². The summed E-state index contributed by atoms with van der Waals surface area (Å²) in [5.74, 6) is 0. The maximum atomic E-state index is 4.24. The van der Waals surface area contributed by atoms with Gasteiger partial charge in [-0.1, -0.05) is 41.5 Å². The molecule has 0 fully saturated rings. The average Bonchev–Trinajstić information content (AvgIpc) is 2.29. The van der Waals surface area contributed by atoms with Crippen LogP contribution in [-0.2, 0) is 11.8 Å². The van der Waals surface area contributed by atoms with Crippen LogP contribution in [0.15, 0.2) is 0 Å². The maximum Gasteiger partial charge on any atom is 0.122 e. The zero-order valence-electron chi connectivity index (χ0n) is 10.0. The van der Waals surface area contributed by atoms with Crippen molar-refractivity contribution in [3.63, 3.8) is 0 Å². The Morgan fingerprint density at radius 2 is 1.57 bits per heavy atom. The highest BCUT2D eigenvalue weighted by atomic mass is 32.1. The van der Waals surface area contributed by atoms with Crippen LogP contribution in [-0.4, -0.2) is 10.2 Å². The molecule has 1 heterocycles. The Kier molecular flexibility index (Phi) is 3.00. The van der Waals surface area contributed by atoms with Crippen molar-refractivity contribution in [2.45, 2.75) is 53.4 Å². The molecule has 3 heteroatoms. The summed E-state index contributed by atoms with van der Waals surface area (Å²) in [6.07, 6.45) is 1.01. The fourth-order valence-electron chi connectivity index (χ4n) is 1.08. The first-order chi connectivity index (χ1) is 6.18. The van der Waals surface area contributed by atoms with E-state index in [1.807, 2.05) is 0 Å². The Balaban J connectivity index is 2.79. The highest BCUT2D eigenvalue weighted by Gasteiger charge is 2.21. The van der Waals surface area contributed by atoms with Gasteiger partial charge in [0.05, 0.1) is 0 Å². The Bertz CT molecular complexity index is 302. The van der Waals surface area contributed by atoms with E-state index in [0.717, 1.165) is 16.4 Å². The number of hydrogen-bond acceptors (Lipinski definition) is 3. The highest BCUT2D eigenvalue weighted by molar-refractivity contribution is 7.11. The second-order valence-electron chi connectivity index (χ2n) is 5.99. The molecule has 80 valence electrons. The van der Waals surface area contributed by atoms with Crippen LogP contribution < -0.4 is 0 Å². The minimum atomic E-state index is 0.133. The van der Waals surface area contributed by atoms with Crippen molar-refractivity contribution in [3.05, 3.63) is 10.0 Å². The predicted molar refractivity (Wildman–Crippen MR) is 61.8 cm³/mol. The van der Waals surface area contributed by atoms with E-state index in [0.29, 0.717) is 5.41 Å². The first-order valence-corrected chi connectivity index (χ1v) is 5.83. The van der Waals surface area contributed by atoms with Gasteiger partial charge in [-0.15, -0.1) is 21.5 Å². The molecule has 0 aliphatic rings. The molecule has 0 saturated heterocycles. The molecule has 0 saturated carbocycles. The van der Waals surface area contributed by atoms with Crippen molar-refractivity contribution < 1.29 is 0 Å². The standard InChI is InChI=1S/C11H20N2S/c1-10(2,3)7-8-12-13-9(14-8)11(4,5)6/h7H2,1-6H3. The second kappa shape index (κ2) is 3.61. The van der Waals surface area contributed by atoms with Crippen molar-refractivity contribution in [1.82, 2.24) is 10.2 Å². The van der Waals surface area contributed by atoms with E-state index in [1.54, 1.807) is 11.3 Å². The van der Waals surface area contributed by atoms with Crippen molar-refractivity contribution in [2.24, 2.45) is 5.41 Å². The Hall–Kier alpha value is -0.440. The molecule has 1 rings (SSSR count). The molecule has 0 spiro atoms. The maximum absolute atomic E-state index is 4.24. The molecule has 1 aromatic rings. The van der Waals surface area contributed by atoms with Gasteiger partial charge >= 0.3 is 0 Å². The Morgan fingerprint density at radius 1 is 1.00 bits per heavy atom. The van der Waals surface area contributed by atoms with Gasteiger partial charge < -0.3 is 0 Å². The lowest BCUT2D eigenvalue weighted by molar-refractivity contribution is 0.409. The molecule has 0 radical (unpaired) electrons. The molecule has 0 N–H and O–H groups in total. The minimum Gasteiger partial charge on any atom is -0.144 e. The van der Waals surface area contributed by atoms with Gasteiger partial charge in [0, 0.05) is 11.8 Å². The normalized spacial score (nSPS) is 13.3. The van der Waals surface area contributed by atoms with Crippen LogP contribution in [0.5, 0.6) is 0 Å². The third-order valence-electron chi connectivity index (χ3n) is 1.79.